The normalized spacial score (nSPS) is 15.7. The van der Waals surface area contributed by atoms with E-state index in [1.807, 2.05) is 0 Å². The number of amides is 9. The topological polar surface area (TPSA) is 437 Å². The van der Waals surface area contributed by atoms with Crippen molar-refractivity contribution in [3.8, 4) is 0 Å². The van der Waals surface area contributed by atoms with Crippen LogP contribution in [-0.2, 0) is 52.7 Å². The number of nitrogens with one attached hydrogen (secondary N) is 8. The number of aliphatic hydroxyl groups is 3. The summed E-state index contributed by atoms with van der Waals surface area (Å²) >= 11 is 1.30. The maximum absolute atomic E-state index is 13.8. The molecule has 68 heavy (non-hydrogen) atoms. The lowest BCUT2D eigenvalue weighted by atomic mass is 10.0. The van der Waals surface area contributed by atoms with Gasteiger partial charge in [-0.15, -0.1) is 0 Å². The molecule has 0 aromatic rings. The molecular weight excluding hydrogens is 921 g/mol. The maximum atomic E-state index is 13.8. The average molecular weight is 993 g/mol. The standard InChI is InChI=1S/C41H72N10O16S/c1-18(2)13-24(47-39(64)31(43)21(7)54)35(60)46-25(15-30(56)57)36(61)50-27(16-52)37(62)44-22(9-10-29(42)55)34(59)51-32(20(5)6)40(65)45-23(11-12-68-8)33(58)49-28(17-53)38(63)48-26(41(66)67)14-19(3)4/h18-28,31-32,52-54H,9-17,43H2,1-8H3,(H2,42,55)(H,44,62)(H,45,65)(H,46,60)(H,47,64)(H,48,63)(H,49,58)(H,50,61)(H,51,59)(H,56,57)(H,66,67)/t21-,22+,23+,24+,25+,26+,27+,28+,31+,32+/m1/s1. The van der Waals surface area contributed by atoms with Crippen molar-refractivity contribution >= 4 is 76.9 Å². The van der Waals surface area contributed by atoms with E-state index in [4.69, 9.17) is 11.5 Å². The molecule has 0 aromatic heterocycles. The predicted molar refractivity (Wildman–Crippen MR) is 244 cm³/mol. The number of rotatable bonds is 33. The zero-order valence-corrected chi connectivity index (χ0v) is 40.5. The van der Waals surface area contributed by atoms with Crippen LogP contribution in [0, 0.1) is 17.8 Å². The van der Waals surface area contributed by atoms with Crippen molar-refractivity contribution in [2.45, 2.75) is 147 Å². The van der Waals surface area contributed by atoms with Gasteiger partial charge in [-0.3, -0.25) is 47.9 Å². The first-order chi connectivity index (χ1) is 31.6. The molecule has 0 aromatic carbocycles. The molecule has 27 heteroatoms. The Labute approximate surface area is 398 Å². The summed E-state index contributed by atoms with van der Waals surface area (Å²) in [6.45, 7) is 9.07. The van der Waals surface area contributed by atoms with Crippen molar-refractivity contribution in [2.24, 2.45) is 29.2 Å². The summed E-state index contributed by atoms with van der Waals surface area (Å²) in [6, 6.07) is -14.0. The second kappa shape index (κ2) is 31.4. The van der Waals surface area contributed by atoms with Crippen LogP contribution in [0.3, 0.4) is 0 Å². The van der Waals surface area contributed by atoms with Crippen molar-refractivity contribution in [1.82, 2.24) is 42.5 Å². The van der Waals surface area contributed by atoms with E-state index in [0.29, 0.717) is 5.75 Å². The van der Waals surface area contributed by atoms with Crippen LogP contribution in [0.15, 0.2) is 0 Å². The second-order valence-electron chi connectivity index (χ2n) is 17.3. The third kappa shape index (κ3) is 23.4. The van der Waals surface area contributed by atoms with E-state index in [1.54, 1.807) is 34.0 Å². The minimum absolute atomic E-state index is 0.0152. The summed E-state index contributed by atoms with van der Waals surface area (Å²) in [5.74, 6) is -13.0. The monoisotopic (exact) mass is 992 g/mol. The van der Waals surface area contributed by atoms with Crippen LogP contribution < -0.4 is 54.0 Å². The van der Waals surface area contributed by atoms with E-state index in [-0.39, 0.29) is 31.1 Å². The number of carboxylic acid groups (broad SMARTS) is 2. The molecule has 0 saturated heterocycles. The Morgan fingerprint density at radius 2 is 0.897 bits per heavy atom. The fraction of sp³-hybridized carbons (Fsp3) is 0.732. The third-order valence-electron chi connectivity index (χ3n) is 9.93. The summed E-state index contributed by atoms with van der Waals surface area (Å²) in [7, 11) is 0. The van der Waals surface area contributed by atoms with Gasteiger partial charge < -0.3 is 79.5 Å². The molecule has 26 nitrogen and oxygen atoms in total. The van der Waals surface area contributed by atoms with Gasteiger partial charge >= 0.3 is 11.9 Å². The van der Waals surface area contributed by atoms with Crippen molar-refractivity contribution in [3.05, 3.63) is 0 Å². The first kappa shape index (κ1) is 62.4. The van der Waals surface area contributed by atoms with Gasteiger partial charge in [-0.1, -0.05) is 41.5 Å². The van der Waals surface area contributed by atoms with Crippen LogP contribution in [0.2, 0.25) is 0 Å². The van der Waals surface area contributed by atoms with Crippen molar-refractivity contribution < 1.29 is 78.3 Å². The molecule has 0 radical (unpaired) electrons. The zero-order chi connectivity index (χ0) is 52.6. The van der Waals surface area contributed by atoms with Crippen LogP contribution in [0.1, 0.15) is 87.0 Å². The molecule has 9 amide bonds. The lowest BCUT2D eigenvalue weighted by Gasteiger charge is -2.29. The Balaban J connectivity index is 6.38. The fourth-order valence-electron chi connectivity index (χ4n) is 6.13. The molecule has 0 heterocycles. The van der Waals surface area contributed by atoms with Gasteiger partial charge in [-0.2, -0.15) is 11.8 Å². The number of carboxylic acids is 2. The first-order valence-electron chi connectivity index (χ1n) is 21.9. The Bertz CT molecular complexity index is 1750. The third-order valence-corrected chi connectivity index (χ3v) is 10.6. The molecule has 0 rings (SSSR count). The molecule has 0 fully saturated rings. The molecule has 10 atom stereocenters. The second-order valence-corrected chi connectivity index (χ2v) is 18.3. The van der Waals surface area contributed by atoms with Crippen molar-refractivity contribution in [1.29, 1.82) is 0 Å². The minimum Gasteiger partial charge on any atom is -0.481 e. The van der Waals surface area contributed by atoms with Crippen LogP contribution in [0.25, 0.3) is 0 Å². The average Bonchev–Trinajstić information content (AvgIpc) is 3.24. The van der Waals surface area contributed by atoms with E-state index >= 15 is 0 Å². The number of nitrogens with two attached hydrogens (primary N) is 2. The van der Waals surface area contributed by atoms with Crippen molar-refractivity contribution in [2.75, 3.05) is 25.2 Å². The van der Waals surface area contributed by atoms with E-state index in [0.717, 1.165) is 0 Å². The number of primary amides is 1. The summed E-state index contributed by atoms with van der Waals surface area (Å²) < 4.78 is 0. The number of aliphatic hydroxyl groups excluding tert-OH is 3. The number of thioether (sulfide) groups is 1. The smallest absolute Gasteiger partial charge is 0.326 e. The highest BCUT2D eigenvalue weighted by molar-refractivity contribution is 7.98. The first-order valence-corrected chi connectivity index (χ1v) is 23.3. The van der Waals surface area contributed by atoms with Gasteiger partial charge in [0.2, 0.25) is 53.2 Å². The van der Waals surface area contributed by atoms with Gasteiger partial charge in [0.15, 0.2) is 0 Å². The largest absolute Gasteiger partial charge is 0.481 e. The van der Waals surface area contributed by atoms with Gasteiger partial charge in [-0.25, -0.2) is 4.79 Å². The van der Waals surface area contributed by atoms with Gasteiger partial charge in [0.25, 0.3) is 0 Å². The van der Waals surface area contributed by atoms with Gasteiger partial charge in [0, 0.05) is 6.42 Å². The predicted octanol–water partition coefficient (Wildman–Crippen LogP) is -5.12. The Morgan fingerprint density at radius 3 is 1.32 bits per heavy atom. The van der Waals surface area contributed by atoms with Crippen LogP contribution in [0.4, 0.5) is 0 Å². The molecule has 0 aliphatic rings. The van der Waals surface area contributed by atoms with Crippen LogP contribution >= 0.6 is 11.8 Å². The number of hydrogen-bond acceptors (Lipinski definition) is 16. The Morgan fingerprint density at radius 1 is 0.515 bits per heavy atom. The van der Waals surface area contributed by atoms with E-state index in [1.165, 1.54) is 32.5 Å². The highest BCUT2D eigenvalue weighted by Gasteiger charge is 2.36. The van der Waals surface area contributed by atoms with E-state index in [9.17, 15) is 78.3 Å². The van der Waals surface area contributed by atoms with E-state index in [2.05, 4.69) is 42.5 Å². The summed E-state index contributed by atoms with van der Waals surface area (Å²) in [5.41, 5.74) is 11.0. The van der Waals surface area contributed by atoms with Gasteiger partial charge in [0.1, 0.15) is 54.4 Å². The van der Waals surface area contributed by atoms with Gasteiger partial charge in [-0.05, 0) is 62.4 Å². The highest BCUT2D eigenvalue weighted by atomic mass is 32.2. The van der Waals surface area contributed by atoms with E-state index < -0.39 is 164 Å². The number of hydrogen-bond donors (Lipinski definition) is 15. The lowest BCUT2D eigenvalue weighted by Crippen LogP contribution is -2.62. The van der Waals surface area contributed by atoms with Gasteiger partial charge in [0.05, 0.1) is 25.7 Å². The lowest BCUT2D eigenvalue weighted by molar-refractivity contribution is -0.143. The molecule has 0 spiro atoms. The molecule has 17 N–H and O–H groups in total. The Kier molecular flexibility index (Phi) is 28.8. The molecule has 0 bridgehead atoms. The fourth-order valence-corrected chi connectivity index (χ4v) is 6.60. The summed E-state index contributed by atoms with van der Waals surface area (Å²) in [6.07, 6.45) is -1.59. The maximum Gasteiger partial charge on any atom is 0.326 e. The number of carbonyl (C=O) groups is 11. The minimum atomic E-state index is -1.91. The van der Waals surface area contributed by atoms with Crippen LogP contribution in [-0.4, -0.2) is 176 Å². The van der Waals surface area contributed by atoms with Crippen molar-refractivity contribution in [3.63, 3.8) is 0 Å². The summed E-state index contributed by atoms with van der Waals surface area (Å²) in [5, 5.41) is 67.3. The quantitative estimate of drug-likeness (QED) is 0.0292. The zero-order valence-electron chi connectivity index (χ0n) is 39.7. The number of aliphatic carboxylic acids is 2. The Hall–Kier alpha value is -5.64. The highest BCUT2D eigenvalue weighted by Crippen LogP contribution is 2.11. The molecule has 0 aliphatic heterocycles. The molecule has 0 aliphatic carbocycles. The molecule has 0 saturated carbocycles. The molecule has 388 valence electrons. The molecule has 0 unspecified atom stereocenters. The summed E-state index contributed by atoms with van der Waals surface area (Å²) in [4.78, 5) is 142. The SMILES string of the molecule is CSCC[C@H](NC(=O)[C@@H](NC(=O)[C@H](CCC(N)=O)NC(=O)[C@H](CO)NC(=O)[C@H](CC(=O)O)NC(=O)[C@H](CC(C)C)NC(=O)[C@@H](N)[C@@H](C)O)C(C)C)C(=O)N[C@@H](CO)C(=O)N[C@@H](CC(C)C)C(=O)O. The molecular formula is C41H72N10O16S. The number of carbonyl (C=O) groups excluding carboxylic acids is 9. The van der Waals surface area contributed by atoms with Crippen LogP contribution in [0.5, 0.6) is 0 Å².